The first-order valence-corrected chi connectivity index (χ1v) is 4.76. The number of esters is 1. The molecule has 0 rings (SSSR count). The second kappa shape index (κ2) is 5.15. The number of nitrogens with zero attached hydrogens (tertiary/aromatic N) is 1. The van der Waals surface area contributed by atoms with Gasteiger partial charge in [0.2, 0.25) is 0 Å². The third kappa shape index (κ3) is 5.02. The minimum Gasteiger partial charge on any atom is -0.453 e. The molecule has 0 aromatic heterocycles. The fraction of sp³-hybridized carbons (Fsp3) is 0.636. The second-order valence-corrected chi connectivity index (χ2v) is 4.34. The fourth-order valence-corrected chi connectivity index (χ4v) is 1.11. The van der Waals surface area contributed by atoms with E-state index in [4.69, 9.17) is 4.74 Å². The SMILES string of the molecule is [CH2]C[N+](C)(C)CC(C)OC(=O)C(=C)C. The third-order valence-corrected chi connectivity index (χ3v) is 2.01. The van der Waals surface area contributed by atoms with Crippen molar-refractivity contribution in [3.63, 3.8) is 0 Å². The van der Waals surface area contributed by atoms with E-state index in [0.717, 1.165) is 17.6 Å². The lowest BCUT2D eigenvalue weighted by Gasteiger charge is -2.30. The van der Waals surface area contributed by atoms with E-state index in [9.17, 15) is 4.79 Å². The third-order valence-electron chi connectivity index (χ3n) is 2.01. The molecule has 81 valence electrons. The molecule has 0 saturated heterocycles. The maximum absolute atomic E-state index is 11.2. The van der Waals surface area contributed by atoms with Crippen LogP contribution in [0.2, 0.25) is 0 Å². The summed E-state index contributed by atoms with van der Waals surface area (Å²) in [5.74, 6) is -0.318. The Morgan fingerprint density at radius 2 is 2.00 bits per heavy atom. The lowest BCUT2D eigenvalue weighted by Crippen LogP contribution is -2.45. The zero-order valence-corrected chi connectivity index (χ0v) is 9.67. The van der Waals surface area contributed by atoms with E-state index >= 15 is 0 Å². The van der Waals surface area contributed by atoms with Crippen LogP contribution in [0.3, 0.4) is 0 Å². The Hall–Kier alpha value is -0.830. The smallest absolute Gasteiger partial charge is 0.333 e. The van der Waals surface area contributed by atoms with Gasteiger partial charge in [-0.05, 0) is 13.8 Å². The fourth-order valence-electron chi connectivity index (χ4n) is 1.11. The van der Waals surface area contributed by atoms with Crippen molar-refractivity contribution in [3.05, 3.63) is 19.1 Å². The van der Waals surface area contributed by atoms with Crippen molar-refractivity contribution in [1.29, 1.82) is 0 Å². The minimum absolute atomic E-state index is 0.101. The van der Waals surface area contributed by atoms with Gasteiger partial charge in [0.05, 0.1) is 20.6 Å². The largest absolute Gasteiger partial charge is 0.453 e. The number of hydrogen-bond acceptors (Lipinski definition) is 2. The molecule has 0 amide bonds. The van der Waals surface area contributed by atoms with E-state index < -0.39 is 0 Å². The molecule has 0 N–H and O–H groups in total. The maximum Gasteiger partial charge on any atom is 0.333 e. The van der Waals surface area contributed by atoms with E-state index in [1.165, 1.54) is 0 Å². The first kappa shape index (κ1) is 13.2. The van der Waals surface area contributed by atoms with Crippen LogP contribution in [0.1, 0.15) is 13.8 Å². The summed E-state index contributed by atoms with van der Waals surface area (Å²) in [7, 11) is 4.11. The van der Waals surface area contributed by atoms with Crippen LogP contribution < -0.4 is 0 Å². The highest BCUT2D eigenvalue weighted by atomic mass is 16.5. The van der Waals surface area contributed by atoms with Crippen LogP contribution in [0.5, 0.6) is 0 Å². The van der Waals surface area contributed by atoms with Gasteiger partial charge in [0.1, 0.15) is 12.6 Å². The van der Waals surface area contributed by atoms with Crippen molar-refractivity contribution in [2.45, 2.75) is 20.0 Å². The molecule has 0 heterocycles. The van der Waals surface area contributed by atoms with Crippen LogP contribution >= 0.6 is 0 Å². The highest BCUT2D eigenvalue weighted by Crippen LogP contribution is 2.04. The molecule has 0 aliphatic heterocycles. The first-order chi connectivity index (χ1) is 6.28. The minimum atomic E-state index is -0.318. The van der Waals surface area contributed by atoms with Gasteiger partial charge in [-0.1, -0.05) is 6.58 Å². The Morgan fingerprint density at radius 1 is 1.50 bits per heavy atom. The molecule has 0 saturated carbocycles. The lowest BCUT2D eigenvalue weighted by atomic mass is 10.3. The number of hydrogen-bond donors (Lipinski definition) is 0. The summed E-state index contributed by atoms with van der Waals surface area (Å²) < 4.78 is 5.91. The van der Waals surface area contributed by atoms with E-state index in [1.807, 2.05) is 6.92 Å². The Kier molecular flexibility index (Phi) is 4.85. The summed E-state index contributed by atoms with van der Waals surface area (Å²) in [6, 6.07) is 0. The number of ether oxygens (including phenoxy) is 1. The molecule has 1 atom stereocenters. The number of rotatable bonds is 5. The monoisotopic (exact) mass is 199 g/mol. The summed E-state index contributed by atoms with van der Waals surface area (Å²) in [5, 5.41) is 0. The van der Waals surface area contributed by atoms with Crippen molar-refractivity contribution in [1.82, 2.24) is 0 Å². The Balaban J connectivity index is 4.05. The first-order valence-electron chi connectivity index (χ1n) is 4.76. The second-order valence-electron chi connectivity index (χ2n) is 4.34. The number of quaternary nitrogens is 1. The van der Waals surface area contributed by atoms with Crippen LogP contribution in [0.15, 0.2) is 12.2 Å². The molecule has 1 radical (unpaired) electrons. The van der Waals surface area contributed by atoms with Crippen LogP contribution in [0, 0.1) is 6.92 Å². The zero-order chi connectivity index (χ0) is 11.4. The van der Waals surface area contributed by atoms with Gasteiger partial charge in [0.15, 0.2) is 0 Å². The summed E-state index contributed by atoms with van der Waals surface area (Å²) in [5.41, 5.74) is 0.441. The van der Waals surface area contributed by atoms with E-state index in [-0.39, 0.29) is 12.1 Å². The molecule has 0 fully saturated rings. The van der Waals surface area contributed by atoms with Crippen LogP contribution in [0.4, 0.5) is 0 Å². The Labute approximate surface area is 86.9 Å². The van der Waals surface area contributed by atoms with Gasteiger partial charge in [-0.2, -0.15) is 0 Å². The van der Waals surface area contributed by atoms with Gasteiger partial charge in [-0.25, -0.2) is 4.79 Å². The summed E-state index contributed by atoms with van der Waals surface area (Å²) in [6.07, 6.45) is -0.101. The molecular formula is C11H21NO2+. The lowest BCUT2D eigenvalue weighted by molar-refractivity contribution is -0.887. The number of likely N-dealkylation sites (N-methyl/N-ethyl adjacent to an activating group) is 1. The normalized spacial score (nSPS) is 13.5. The number of carbonyl (C=O) groups excluding carboxylic acids is 1. The predicted molar refractivity (Wildman–Crippen MR) is 57.6 cm³/mol. The van der Waals surface area contributed by atoms with Crippen molar-refractivity contribution in [2.75, 3.05) is 27.2 Å². The van der Waals surface area contributed by atoms with Crippen molar-refractivity contribution >= 4 is 5.97 Å². The molecule has 0 aliphatic rings. The van der Waals surface area contributed by atoms with E-state index in [1.54, 1.807) is 6.92 Å². The molecule has 0 aromatic carbocycles. The maximum atomic E-state index is 11.2. The topological polar surface area (TPSA) is 26.3 Å². The molecule has 1 unspecified atom stereocenters. The summed E-state index contributed by atoms with van der Waals surface area (Å²) >= 11 is 0. The standard InChI is InChI=1S/C11H21NO2/c1-7-12(5,6)8-10(4)14-11(13)9(2)3/h10H,1-2,7-8H2,3-6H3/q+1. The molecule has 3 nitrogen and oxygen atoms in total. The van der Waals surface area contributed by atoms with Gasteiger partial charge < -0.3 is 9.22 Å². The average Bonchev–Trinajstić information content (AvgIpc) is 2.02. The highest BCUT2D eigenvalue weighted by Gasteiger charge is 2.19. The molecule has 3 heteroatoms. The molecule has 0 aliphatic carbocycles. The molecule has 14 heavy (non-hydrogen) atoms. The van der Waals surface area contributed by atoms with Crippen LogP contribution in [-0.4, -0.2) is 43.7 Å². The van der Waals surface area contributed by atoms with Gasteiger partial charge in [0.25, 0.3) is 0 Å². The van der Waals surface area contributed by atoms with Crippen molar-refractivity contribution < 1.29 is 14.0 Å². The van der Waals surface area contributed by atoms with Crippen LogP contribution in [0.25, 0.3) is 0 Å². The molecule has 0 spiro atoms. The highest BCUT2D eigenvalue weighted by molar-refractivity contribution is 5.87. The number of carbonyl (C=O) groups is 1. The van der Waals surface area contributed by atoms with Gasteiger partial charge in [-0.3, -0.25) is 0 Å². The Morgan fingerprint density at radius 3 is 2.36 bits per heavy atom. The molecule has 0 bridgehead atoms. The predicted octanol–water partition coefficient (Wildman–Crippen LogP) is 1.40. The van der Waals surface area contributed by atoms with Crippen molar-refractivity contribution in [3.8, 4) is 0 Å². The summed E-state index contributed by atoms with van der Waals surface area (Å²) in [6.45, 7) is 12.4. The quantitative estimate of drug-likeness (QED) is 0.380. The van der Waals surface area contributed by atoms with Gasteiger partial charge in [-0.15, -0.1) is 0 Å². The molecule has 0 aromatic rings. The average molecular weight is 199 g/mol. The van der Waals surface area contributed by atoms with Crippen LogP contribution in [-0.2, 0) is 9.53 Å². The molecular weight excluding hydrogens is 178 g/mol. The Bertz CT molecular complexity index is 221. The van der Waals surface area contributed by atoms with Gasteiger partial charge >= 0.3 is 5.97 Å². The van der Waals surface area contributed by atoms with E-state index in [0.29, 0.717) is 5.57 Å². The summed E-state index contributed by atoms with van der Waals surface area (Å²) in [4.78, 5) is 11.2. The van der Waals surface area contributed by atoms with Gasteiger partial charge in [0, 0.05) is 12.5 Å². The zero-order valence-electron chi connectivity index (χ0n) is 9.67. The van der Waals surface area contributed by atoms with Crippen molar-refractivity contribution in [2.24, 2.45) is 0 Å². The van der Waals surface area contributed by atoms with E-state index in [2.05, 4.69) is 27.6 Å².